The summed E-state index contributed by atoms with van der Waals surface area (Å²) in [5.41, 5.74) is 9.16. The third-order valence-corrected chi connectivity index (χ3v) is 4.50. The highest BCUT2D eigenvalue weighted by Crippen LogP contribution is 2.25. The van der Waals surface area contributed by atoms with E-state index < -0.39 is 0 Å². The lowest BCUT2D eigenvalue weighted by atomic mass is 10.2. The maximum Gasteiger partial charge on any atom is 0.243 e. The minimum atomic E-state index is 0. The first-order chi connectivity index (χ1) is 11.1. The molecule has 2 N–H and O–H groups in total. The third kappa shape index (κ3) is 4.65. The topological polar surface area (TPSA) is 47.3 Å². The number of imidazole rings is 1. The van der Waals surface area contributed by atoms with E-state index in [1.807, 2.05) is 13.1 Å². The Morgan fingerprint density at radius 1 is 1.38 bits per heavy atom. The Hall–Kier alpha value is -1.72. The number of benzene rings is 1. The summed E-state index contributed by atoms with van der Waals surface area (Å²) in [4.78, 5) is 2.39. The highest BCUT2D eigenvalue weighted by Gasteiger charge is 2.23. The van der Waals surface area contributed by atoms with E-state index in [-0.39, 0.29) is 12.4 Å². The van der Waals surface area contributed by atoms with Gasteiger partial charge in [0.05, 0.1) is 26.3 Å². The molecule has 1 aromatic heterocycles. The van der Waals surface area contributed by atoms with Crippen LogP contribution in [0, 0.1) is 6.92 Å². The highest BCUT2D eigenvalue weighted by atomic mass is 35.5. The van der Waals surface area contributed by atoms with Gasteiger partial charge in [-0.2, -0.15) is 0 Å². The van der Waals surface area contributed by atoms with Crippen LogP contribution in [0.5, 0.6) is 0 Å². The molecule has 1 aliphatic rings. The van der Waals surface area contributed by atoms with Gasteiger partial charge in [0.1, 0.15) is 12.4 Å². The fourth-order valence-electron chi connectivity index (χ4n) is 3.09. The van der Waals surface area contributed by atoms with Crippen molar-refractivity contribution in [3.05, 3.63) is 42.5 Å². The molecule has 5 nitrogen and oxygen atoms in total. The van der Waals surface area contributed by atoms with Gasteiger partial charge < -0.3 is 27.8 Å². The van der Waals surface area contributed by atoms with Crippen LogP contribution in [0.2, 0.25) is 0 Å². The Kier molecular flexibility index (Phi) is 6.52. The second-order valence-corrected chi connectivity index (χ2v) is 6.44. The summed E-state index contributed by atoms with van der Waals surface area (Å²) in [7, 11) is 2.04. The molecular weight excluding hydrogens is 324 g/mol. The molecule has 0 amide bonds. The molecular formula is C18H27ClN4O. The van der Waals surface area contributed by atoms with Crippen molar-refractivity contribution in [3.8, 4) is 0 Å². The normalized spacial score (nSPS) is 17.1. The molecule has 132 valence electrons. The standard InChI is InChI=1S/C18H27N4O.ClH/c1-15-12-16(4-5-18(15)19)22-8-6-17(13-22)23-11-3-7-21-10-9-20(2)14-21;/h4-5,9-10,12,14,17H,3,6-8,11,13,19H2,1-2H3;1H/q+1;/p-1. The van der Waals surface area contributed by atoms with Crippen molar-refractivity contribution in [3.63, 3.8) is 0 Å². The maximum atomic E-state index is 6.05. The van der Waals surface area contributed by atoms with Gasteiger partial charge in [0.25, 0.3) is 0 Å². The average molecular weight is 351 g/mol. The number of aryl methyl sites for hydroxylation is 3. The Morgan fingerprint density at radius 2 is 2.21 bits per heavy atom. The first-order valence-electron chi connectivity index (χ1n) is 8.35. The lowest BCUT2D eigenvalue weighted by molar-refractivity contribution is -0.671. The average Bonchev–Trinajstić information content (AvgIpc) is 3.16. The smallest absolute Gasteiger partial charge is 0.243 e. The SMILES string of the molecule is Cc1cc(N2CCC(OCCCn3cc[n+](C)c3)C2)ccc1N.[Cl-]. The van der Waals surface area contributed by atoms with Gasteiger partial charge in [0.15, 0.2) is 0 Å². The summed E-state index contributed by atoms with van der Waals surface area (Å²) in [6.45, 7) is 5.92. The molecule has 24 heavy (non-hydrogen) atoms. The lowest BCUT2D eigenvalue weighted by Gasteiger charge is -2.19. The van der Waals surface area contributed by atoms with Gasteiger partial charge in [-0.25, -0.2) is 9.13 Å². The fraction of sp³-hybridized carbons (Fsp3) is 0.500. The Labute approximate surface area is 150 Å². The van der Waals surface area contributed by atoms with Gasteiger partial charge in [0.2, 0.25) is 6.33 Å². The summed E-state index contributed by atoms with van der Waals surface area (Å²) in [6.07, 6.45) is 8.74. The number of nitrogens with two attached hydrogens (primary N) is 1. The molecule has 1 aliphatic heterocycles. The summed E-state index contributed by atoms with van der Waals surface area (Å²) >= 11 is 0. The van der Waals surface area contributed by atoms with E-state index in [0.29, 0.717) is 6.10 Å². The molecule has 2 aromatic rings. The minimum Gasteiger partial charge on any atom is -1.00 e. The van der Waals surface area contributed by atoms with Gasteiger partial charge in [0, 0.05) is 30.9 Å². The molecule has 2 heterocycles. The van der Waals surface area contributed by atoms with Crippen LogP contribution in [-0.4, -0.2) is 30.4 Å². The quantitative estimate of drug-likeness (QED) is 0.408. The minimum absolute atomic E-state index is 0. The number of hydrogen-bond donors (Lipinski definition) is 1. The molecule has 0 saturated carbocycles. The van der Waals surface area contributed by atoms with E-state index in [0.717, 1.165) is 50.3 Å². The van der Waals surface area contributed by atoms with Gasteiger partial charge in [-0.3, -0.25) is 0 Å². The van der Waals surface area contributed by atoms with E-state index in [4.69, 9.17) is 10.5 Å². The van der Waals surface area contributed by atoms with Gasteiger partial charge in [-0.15, -0.1) is 0 Å². The largest absolute Gasteiger partial charge is 1.00 e. The first kappa shape index (κ1) is 18.6. The highest BCUT2D eigenvalue weighted by molar-refractivity contribution is 5.58. The van der Waals surface area contributed by atoms with Crippen LogP contribution in [0.3, 0.4) is 0 Å². The van der Waals surface area contributed by atoms with Crippen molar-refractivity contribution < 1.29 is 21.7 Å². The number of anilines is 2. The molecule has 0 spiro atoms. The van der Waals surface area contributed by atoms with Crippen LogP contribution in [0.1, 0.15) is 18.4 Å². The van der Waals surface area contributed by atoms with Crippen molar-refractivity contribution >= 4 is 11.4 Å². The zero-order valence-corrected chi connectivity index (χ0v) is 15.2. The molecule has 0 aliphatic carbocycles. The number of aromatic nitrogens is 2. The lowest BCUT2D eigenvalue weighted by Crippen LogP contribution is -3.00. The van der Waals surface area contributed by atoms with E-state index in [1.165, 1.54) is 5.69 Å². The van der Waals surface area contributed by atoms with Gasteiger partial charge in [-0.1, -0.05) is 0 Å². The number of rotatable bonds is 6. The van der Waals surface area contributed by atoms with E-state index >= 15 is 0 Å². The molecule has 6 heteroatoms. The van der Waals surface area contributed by atoms with Gasteiger partial charge >= 0.3 is 0 Å². The van der Waals surface area contributed by atoms with E-state index in [1.54, 1.807) is 0 Å². The Morgan fingerprint density at radius 3 is 2.92 bits per heavy atom. The van der Waals surface area contributed by atoms with Crippen LogP contribution in [0.25, 0.3) is 0 Å². The molecule has 1 unspecified atom stereocenters. The van der Waals surface area contributed by atoms with Crippen molar-refractivity contribution in [2.75, 3.05) is 30.3 Å². The summed E-state index contributed by atoms with van der Waals surface area (Å²) < 4.78 is 10.3. The predicted octanol–water partition coefficient (Wildman–Crippen LogP) is -1.11. The van der Waals surface area contributed by atoms with Gasteiger partial charge in [-0.05, 0) is 37.1 Å². The first-order valence-corrected chi connectivity index (χ1v) is 8.35. The van der Waals surface area contributed by atoms with Crippen molar-refractivity contribution in [2.24, 2.45) is 7.05 Å². The molecule has 0 bridgehead atoms. The maximum absolute atomic E-state index is 6.05. The number of hydrogen-bond acceptors (Lipinski definition) is 3. The summed E-state index contributed by atoms with van der Waals surface area (Å²) in [5, 5.41) is 0. The summed E-state index contributed by atoms with van der Waals surface area (Å²) in [6, 6.07) is 6.27. The van der Waals surface area contributed by atoms with Crippen LogP contribution in [0.4, 0.5) is 11.4 Å². The van der Waals surface area contributed by atoms with Crippen molar-refractivity contribution in [1.29, 1.82) is 0 Å². The second kappa shape index (κ2) is 8.40. The zero-order valence-electron chi connectivity index (χ0n) is 14.5. The predicted molar refractivity (Wildman–Crippen MR) is 92.4 cm³/mol. The molecule has 0 radical (unpaired) electrons. The number of halogens is 1. The van der Waals surface area contributed by atoms with E-state index in [9.17, 15) is 0 Å². The zero-order chi connectivity index (χ0) is 16.2. The van der Waals surface area contributed by atoms with Crippen molar-refractivity contribution in [1.82, 2.24) is 4.57 Å². The van der Waals surface area contributed by atoms with Crippen LogP contribution < -0.4 is 27.6 Å². The number of nitrogen functional groups attached to an aromatic ring is 1. The molecule has 1 aromatic carbocycles. The molecule has 3 rings (SSSR count). The van der Waals surface area contributed by atoms with E-state index in [2.05, 4.69) is 51.8 Å². The number of ether oxygens (including phenoxy) is 1. The Balaban J connectivity index is 0.00000208. The summed E-state index contributed by atoms with van der Waals surface area (Å²) in [5.74, 6) is 0. The second-order valence-electron chi connectivity index (χ2n) is 6.44. The van der Waals surface area contributed by atoms with Crippen LogP contribution in [0.15, 0.2) is 36.9 Å². The Bertz CT molecular complexity index is 658. The van der Waals surface area contributed by atoms with Crippen LogP contribution in [-0.2, 0) is 18.3 Å². The molecule has 1 atom stereocenters. The molecule has 1 saturated heterocycles. The monoisotopic (exact) mass is 350 g/mol. The van der Waals surface area contributed by atoms with Crippen molar-refractivity contribution in [2.45, 2.75) is 32.4 Å². The van der Waals surface area contributed by atoms with Crippen LogP contribution >= 0.6 is 0 Å². The molecule has 1 fully saturated rings. The third-order valence-electron chi connectivity index (χ3n) is 4.50. The fourth-order valence-corrected chi connectivity index (χ4v) is 3.09. The number of nitrogens with zero attached hydrogens (tertiary/aromatic N) is 3.